The van der Waals surface area contributed by atoms with Crippen LogP contribution in [0, 0.1) is 0 Å². The molecule has 1 atom stereocenters. The normalized spacial score (nSPS) is 11.6. The summed E-state index contributed by atoms with van der Waals surface area (Å²) in [6.45, 7) is 8.39. The molecule has 0 aliphatic heterocycles. The molecule has 122 valence electrons. The molecule has 0 radical (unpaired) electrons. The summed E-state index contributed by atoms with van der Waals surface area (Å²) >= 11 is 0. The van der Waals surface area contributed by atoms with Crippen molar-refractivity contribution in [3.05, 3.63) is 29.3 Å². The van der Waals surface area contributed by atoms with E-state index >= 15 is 0 Å². The Morgan fingerprint density at radius 1 is 1.09 bits per heavy atom. The molecule has 0 aliphatic rings. The third kappa shape index (κ3) is 5.06. The number of nitrogens with one attached hydrogen (secondary N) is 3. The maximum atomic E-state index is 12.1. The van der Waals surface area contributed by atoms with E-state index in [2.05, 4.69) is 29.8 Å². The third-order valence-corrected chi connectivity index (χ3v) is 3.53. The Morgan fingerprint density at radius 3 is 2.18 bits per heavy atom. The monoisotopic (exact) mass is 305 g/mol. The summed E-state index contributed by atoms with van der Waals surface area (Å²) in [6, 6.07) is 5.10. The number of amides is 3. The Bertz CT molecular complexity index is 492. The average molecular weight is 305 g/mol. The largest absolute Gasteiger partial charge is 0.354 e. The van der Waals surface area contributed by atoms with E-state index in [0.29, 0.717) is 6.54 Å². The van der Waals surface area contributed by atoms with Crippen LogP contribution in [0.2, 0.25) is 0 Å². The fourth-order valence-electron chi connectivity index (χ4n) is 2.22. The van der Waals surface area contributed by atoms with Crippen molar-refractivity contribution in [2.24, 2.45) is 0 Å². The smallest absolute Gasteiger partial charge is 0.319 e. The molecule has 5 nitrogen and oxygen atoms in total. The zero-order valence-corrected chi connectivity index (χ0v) is 14.0. The van der Waals surface area contributed by atoms with Gasteiger partial charge in [-0.25, -0.2) is 4.79 Å². The predicted octanol–water partition coefficient (Wildman–Crippen LogP) is 2.85. The maximum Gasteiger partial charge on any atom is 0.319 e. The summed E-state index contributed by atoms with van der Waals surface area (Å²) in [4.78, 5) is 23.9. The zero-order chi connectivity index (χ0) is 16.5. The van der Waals surface area contributed by atoms with Gasteiger partial charge in [-0.3, -0.25) is 4.79 Å². The number of hydrogen-bond donors (Lipinski definition) is 3. The Kier molecular flexibility index (Phi) is 7.43. The first-order valence-corrected chi connectivity index (χ1v) is 7.99. The minimum absolute atomic E-state index is 0.170. The molecular formula is C17H27N3O2. The second-order valence-electron chi connectivity index (χ2n) is 5.27. The second-order valence-corrected chi connectivity index (χ2v) is 5.27. The Balaban J connectivity index is 2.71. The van der Waals surface area contributed by atoms with Gasteiger partial charge in [-0.05, 0) is 37.3 Å². The van der Waals surface area contributed by atoms with E-state index in [1.807, 2.05) is 25.1 Å². The van der Waals surface area contributed by atoms with Crippen molar-refractivity contribution in [2.45, 2.75) is 53.0 Å². The zero-order valence-electron chi connectivity index (χ0n) is 14.0. The summed E-state index contributed by atoms with van der Waals surface area (Å²) in [5.74, 6) is -0.170. The molecule has 5 heteroatoms. The van der Waals surface area contributed by atoms with E-state index in [0.717, 1.165) is 36.1 Å². The maximum absolute atomic E-state index is 12.1. The van der Waals surface area contributed by atoms with E-state index in [4.69, 9.17) is 0 Å². The highest BCUT2D eigenvalue weighted by Crippen LogP contribution is 2.22. The molecule has 0 unspecified atom stereocenters. The number of benzene rings is 1. The van der Waals surface area contributed by atoms with Crippen LogP contribution in [0.25, 0.3) is 0 Å². The topological polar surface area (TPSA) is 70.2 Å². The number of rotatable bonds is 7. The lowest BCUT2D eigenvalue weighted by Crippen LogP contribution is -2.46. The van der Waals surface area contributed by atoms with Gasteiger partial charge in [-0.15, -0.1) is 0 Å². The van der Waals surface area contributed by atoms with Crippen LogP contribution in [0.4, 0.5) is 10.5 Å². The van der Waals surface area contributed by atoms with Crippen LogP contribution in [0.5, 0.6) is 0 Å². The van der Waals surface area contributed by atoms with E-state index in [1.54, 1.807) is 6.92 Å². The van der Waals surface area contributed by atoms with Crippen molar-refractivity contribution in [3.63, 3.8) is 0 Å². The number of urea groups is 1. The first-order valence-electron chi connectivity index (χ1n) is 7.99. The lowest BCUT2D eigenvalue weighted by Gasteiger charge is -2.17. The van der Waals surface area contributed by atoms with Crippen LogP contribution in [-0.2, 0) is 17.6 Å². The van der Waals surface area contributed by atoms with Gasteiger partial charge in [0.15, 0.2) is 0 Å². The van der Waals surface area contributed by atoms with Crippen molar-refractivity contribution >= 4 is 17.6 Å². The molecule has 22 heavy (non-hydrogen) atoms. The molecule has 0 spiro atoms. The molecule has 0 saturated heterocycles. The van der Waals surface area contributed by atoms with Gasteiger partial charge in [0.25, 0.3) is 0 Å². The molecule has 0 aliphatic carbocycles. The van der Waals surface area contributed by atoms with Gasteiger partial charge in [0.1, 0.15) is 6.04 Å². The standard InChI is InChI=1S/C17H27N3O2/c1-5-11-18-16(21)12(4)19-17(22)20-15-13(6-2)9-8-10-14(15)7-3/h8-10,12H,5-7,11H2,1-4H3,(H,18,21)(H2,19,20,22)/t12-/m0/s1. The van der Waals surface area contributed by atoms with Gasteiger partial charge in [0, 0.05) is 12.2 Å². The van der Waals surface area contributed by atoms with Gasteiger partial charge < -0.3 is 16.0 Å². The highest BCUT2D eigenvalue weighted by atomic mass is 16.2. The van der Waals surface area contributed by atoms with E-state index in [1.165, 1.54) is 0 Å². The summed E-state index contributed by atoms with van der Waals surface area (Å²) in [5.41, 5.74) is 3.04. The molecule has 1 aromatic rings. The molecule has 0 heterocycles. The van der Waals surface area contributed by atoms with E-state index in [-0.39, 0.29) is 11.9 Å². The number of hydrogen-bond acceptors (Lipinski definition) is 2. The predicted molar refractivity (Wildman–Crippen MR) is 90.1 cm³/mol. The number of aryl methyl sites for hydroxylation is 2. The number of para-hydroxylation sites is 1. The number of carbonyl (C=O) groups excluding carboxylic acids is 2. The molecule has 3 N–H and O–H groups in total. The quantitative estimate of drug-likeness (QED) is 0.725. The van der Waals surface area contributed by atoms with Crippen molar-refractivity contribution in [3.8, 4) is 0 Å². The molecule has 0 bridgehead atoms. The highest BCUT2D eigenvalue weighted by molar-refractivity contribution is 5.94. The molecule has 0 aromatic heterocycles. The van der Waals surface area contributed by atoms with Gasteiger partial charge in [-0.2, -0.15) is 0 Å². The Labute approximate surface area is 132 Å². The lowest BCUT2D eigenvalue weighted by atomic mass is 10.0. The van der Waals surface area contributed by atoms with Crippen LogP contribution in [0.3, 0.4) is 0 Å². The highest BCUT2D eigenvalue weighted by Gasteiger charge is 2.16. The van der Waals surface area contributed by atoms with Crippen molar-refractivity contribution < 1.29 is 9.59 Å². The number of carbonyl (C=O) groups is 2. The van der Waals surface area contributed by atoms with Crippen LogP contribution < -0.4 is 16.0 Å². The van der Waals surface area contributed by atoms with Crippen molar-refractivity contribution in [1.82, 2.24) is 10.6 Å². The first-order chi connectivity index (χ1) is 10.5. The lowest BCUT2D eigenvalue weighted by molar-refractivity contribution is -0.122. The average Bonchev–Trinajstić information content (AvgIpc) is 2.52. The van der Waals surface area contributed by atoms with Crippen LogP contribution in [-0.4, -0.2) is 24.5 Å². The minimum atomic E-state index is -0.564. The Hall–Kier alpha value is -2.04. The van der Waals surface area contributed by atoms with Gasteiger partial charge in [0.05, 0.1) is 0 Å². The fraction of sp³-hybridized carbons (Fsp3) is 0.529. The molecule has 1 aromatic carbocycles. The molecular weight excluding hydrogens is 278 g/mol. The van der Waals surface area contributed by atoms with Gasteiger partial charge >= 0.3 is 6.03 Å². The molecule has 1 rings (SSSR count). The Morgan fingerprint density at radius 2 is 1.68 bits per heavy atom. The van der Waals surface area contributed by atoms with Crippen molar-refractivity contribution in [2.75, 3.05) is 11.9 Å². The summed E-state index contributed by atoms with van der Waals surface area (Å²) in [5, 5.41) is 8.34. The fourth-order valence-corrected chi connectivity index (χ4v) is 2.22. The minimum Gasteiger partial charge on any atom is -0.354 e. The number of anilines is 1. The van der Waals surface area contributed by atoms with E-state index in [9.17, 15) is 9.59 Å². The van der Waals surface area contributed by atoms with Crippen molar-refractivity contribution in [1.29, 1.82) is 0 Å². The first kappa shape index (κ1) is 18.0. The third-order valence-electron chi connectivity index (χ3n) is 3.53. The summed E-state index contributed by atoms with van der Waals surface area (Å²) in [6.07, 6.45) is 2.56. The molecule has 3 amide bonds. The second kappa shape index (κ2) is 9.07. The SMILES string of the molecule is CCCNC(=O)[C@H](C)NC(=O)Nc1c(CC)cccc1CC. The molecule has 0 fully saturated rings. The van der Waals surface area contributed by atoms with E-state index < -0.39 is 6.04 Å². The van der Waals surface area contributed by atoms with Gasteiger partial charge in [-0.1, -0.05) is 39.0 Å². The van der Waals surface area contributed by atoms with Gasteiger partial charge in [0.2, 0.25) is 5.91 Å². The molecule has 0 saturated carbocycles. The van der Waals surface area contributed by atoms with Crippen LogP contribution >= 0.6 is 0 Å². The summed E-state index contributed by atoms with van der Waals surface area (Å²) in [7, 11) is 0. The van der Waals surface area contributed by atoms with Crippen LogP contribution in [0.15, 0.2) is 18.2 Å². The van der Waals surface area contributed by atoms with Crippen LogP contribution in [0.1, 0.15) is 45.2 Å². The summed E-state index contributed by atoms with van der Waals surface area (Å²) < 4.78 is 0.